The minimum Gasteiger partial charge on any atom is -0.463 e. The summed E-state index contributed by atoms with van der Waals surface area (Å²) < 4.78 is 10.3. The second kappa shape index (κ2) is 6.75. The summed E-state index contributed by atoms with van der Waals surface area (Å²) in [6.07, 6.45) is 0. The molecule has 4 heteroatoms. The molecule has 0 aromatic heterocycles. The van der Waals surface area contributed by atoms with Crippen molar-refractivity contribution in [2.45, 2.75) is 12.8 Å². The smallest absolute Gasteiger partial charge is 0.332 e. The summed E-state index contributed by atoms with van der Waals surface area (Å²) >= 11 is 0. The molecule has 4 nitrogen and oxygen atoms in total. The zero-order valence-electron chi connectivity index (χ0n) is 13.0. The number of esters is 1. The molecule has 2 aromatic rings. The molecule has 0 atom stereocenters. The minimum absolute atomic E-state index is 0.0409. The molecule has 2 aromatic carbocycles. The molecule has 1 aliphatic rings. The lowest BCUT2D eigenvalue weighted by molar-refractivity contribution is -0.149. The van der Waals surface area contributed by atoms with E-state index in [1.807, 2.05) is 24.3 Å². The van der Waals surface area contributed by atoms with Crippen LogP contribution in [0.25, 0.3) is 11.1 Å². The Labute approximate surface area is 135 Å². The van der Waals surface area contributed by atoms with Gasteiger partial charge in [-0.1, -0.05) is 48.5 Å². The van der Waals surface area contributed by atoms with Gasteiger partial charge in [-0.05, 0) is 29.2 Å². The van der Waals surface area contributed by atoms with Crippen LogP contribution in [-0.2, 0) is 19.1 Å². The Bertz CT molecular complexity index is 690. The van der Waals surface area contributed by atoms with E-state index in [1.54, 1.807) is 0 Å². The Balaban J connectivity index is 1.69. The maximum Gasteiger partial charge on any atom is 0.332 e. The highest BCUT2D eigenvalue weighted by atomic mass is 16.6. The minimum atomic E-state index is -0.451. The highest BCUT2D eigenvalue weighted by Crippen LogP contribution is 2.44. The van der Waals surface area contributed by atoms with Crippen molar-refractivity contribution in [3.63, 3.8) is 0 Å². The van der Waals surface area contributed by atoms with Gasteiger partial charge < -0.3 is 9.47 Å². The molecule has 0 amide bonds. The van der Waals surface area contributed by atoms with E-state index >= 15 is 0 Å². The Morgan fingerprint density at radius 3 is 2.04 bits per heavy atom. The molecular formula is C19H18O4. The number of rotatable bonds is 6. The molecule has 0 saturated heterocycles. The second-order valence-electron chi connectivity index (χ2n) is 5.60. The average Bonchev–Trinajstić information content (AvgIpc) is 2.87. The van der Waals surface area contributed by atoms with Gasteiger partial charge in [0.2, 0.25) is 0 Å². The van der Waals surface area contributed by atoms with Crippen molar-refractivity contribution in [1.29, 1.82) is 0 Å². The summed E-state index contributed by atoms with van der Waals surface area (Å²) in [6.45, 7) is 1.42. The molecule has 0 spiro atoms. The van der Waals surface area contributed by atoms with Gasteiger partial charge in [-0.3, -0.25) is 4.79 Å². The Hall–Kier alpha value is -2.46. The molecule has 0 radical (unpaired) electrons. The monoisotopic (exact) mass is 310 g/mol. The summed E-state index contributed by atoms with van der Waals surface area (Å²) in [5.41, 5.74) is 4.73. The van der Waals surface area contributed by atoms with Crippen LogP contribution >= 0.6 is 0 Å². The van der Waals surface area contributed by atoms with Crippen LogP contribution in [0.5, 0.6) is 0 Å². The van der Waals surface area contributed by atoms with E-state index in [2.05, 4.69) is 24.3 Å². The number of hydrogen-bond donors (Lipinski definition) is 0. The highest BCUT2D eigenvalue weighted by molar-refractivity contribution is 5.79. The van der Waals surface area contributed by atoms with Gasteiger partial charge in [0.05, 0.1) is 0 Å². The van der Waals surface area contributed by atoms with Gasteiger partial charge in [0.1, 0.15) is 19.8 Å². The van der Waals surface area contributed by atoms with E-state index < -0.39 is 5.97 Å². The van der Waals surface area contributed by atoms with Crippen molar-refractivity contribution in [3.05, 3.63) is 59.7 Å². The third-order valence-electron chi connectivity index (χ3n) is 3.90. The van der Waals surface area contributed by atoms with Gasteiger partial charge in [-0.25, -0.2) is 4.79 Å². The quantitative estimate of drug-likeness (QED) is 0.770. The normalized spacial score (nSPS) is 12.6. The molecule has 0 aliphatic heterocycles. The molecule has 0 bridgehead atoms. The van der Waals surface area contributed by atoms with Crippen molar-refractivity contribution in [2.75, 3.05) is 19.8 Å². The van der Waals surface area contributed by atoms with Gasteiger partial charge in [0.15, 0.2) is 5.78 Å². The highest BCUT2D eigenvalue weighted by Gasteiger charge is 2.28. The van der Waals surface area contributed by atoms with Crippen molar-refractivity contribution < 1.29 is 19.1 Å². The first-order chi connectivity index (χ1) is 11.2. The molecule has 3 rings (SSSR count). The molecule has 0 saturated carbocycles. The first-order valence-electron chi connectivity index (χ1n) is 7.58. The topological polar surface area (TPSA) is 52.6 Å². The number of benzene rings is 2. The summed E-state index contributed by atoms with van der Waals surface area (Å²) in [5.74, 6) is -0.524. The lowest BCUT2D eigenvalue weighted by Gasteiger charge is -2.14. The number of fused-ring (bicyclic) bond motifs is 3. The predicted molar refractivity (Wildman–Crippen MR) is 86.2 cm³/mol. The number of carbonyl (C=O) groups excluding carboxylic acids is 2. The Kier molecular flexibility index (Phi) is 4.53. The summed E-state index contributed by atoms with van der Waals surface area (Å²) in [7, 11) is 0. The van der Waals surface area contributed by atoms with E-state index in [4.69, 9.17) is 9.47 Å². The fraction of sp³-hybridized carbons (Fsp3) is 0.263. The van der Waals surface area contributed by atoms with Crippen molar-refractivity contribution in [3.8, 4) is 11.1 Å². The largest absolute Gasteiger partial charge is 0.463 e. The zero-order valence-corrected chi connectivity index (χ0v) is 13.0. The van der Waals surface area contributed by atoms with Crippen LogP contribution < -0.4 is 0 Å². The lowest BCUT2D eigenvalue weighted by Crippen LogP contribution is -2.18. The van der Waals surface area contributed by atoms with Crippen LogP contribution in [0.4, 0.5) is 0 Å². The predicted octanol–water partition coefficient (Wildman–Crippen LogP) is 2.95. The molecule has 118 valence electrons. The standard InChI is InChI=1S/C19H18O4/c1-13(20)10-22-12-19(21)23-11-18-16-8-4-2-6-14(16)15-7-3-5-9-17(15)18/h2-9,18H,10-12H2,1H3. The number of hydrogen-bond acceptors (Lipinski definition) is 4. The number of ketones is 1. The number of Topliss-reactive ketones (excluding diaryl/α,β-unsaturated/α-hetero) is 1. The molecule has 0 fully saturated rings. The maximum absolute atomic E-state index is 11.7. The van der Waals surface area contributed by atoms with Gasteiger partial charge >= 0.3 is 5.97 Å². The van der Waals surface area contributed by atoms with E-state index in [1.165, 1.54) is 29.2 Å². The van der Waals surface area contributed by atoms with Crippen LogP contribution in [0.1, 0.15) is 24.0 Å². The molecule has 0 unspecified atom stereocenters. The SMILES string of the molecule is CC(=O)COCC(=O)OCC1c2ccccc2-c2ccccc21. The van der Waals surface area contributed by atoms with Crippen LogP contribution in [0.2, 0.25) is 0 Å². The summed E-state index contributed by atoms with van der Waals surface area (Å²) in [4.78, 5) is 22.5. The number of carbonyl (C=O) groups is 2. The van der Waals surface area contributed by atoms with Crippen molar-refractivity contribution in [1.82, 2.24) is 0 Å². The molecule has 23 heavy (non-hydrogen) atoms. The van der Waals surface area contributed by atoms with E-state index in [-0.39, 0.29) is 31.5 Å². The van der Waals surface area contributed by atoms with Gasteiger partial charge in [-0.15, -0.1) is 0 Å². The molecular weight excluding hydrogens is 292 g/mol. The molecule has 0 N–H and O–H groups in total. The van der Waals surface area contributed by atoms with Crippen LogP contribution in [-0.4, -0.2) is 31.6 Å². The number of ether oxygens (including phenoxy) is 2. The fourth-order valence-corrected chi connectivity index (χ4v) is 2.94. The van der Waals surface area contributed by atoms with Crippen LogP contribution in [0.3, 0.4) is 0 Å². The first-order valence-corrected chi connectivity index (χ1v) is 7.58. The van der Waals surface area contributed by atoms with Crippen molar-refractivity contribution >= 4 is 11.8 Å². The average molecular weight is 310 g/mol. The first kappa shape index (κ1) is 15.4. The van der Waals surface area contributed by atoms with Gasteiger partial charge in [0.25, 0.3) is 0 Å². The fourth-order valence-electron chi connectivity index (χ4n) is 2.94. The van der Waals surface area contributed by atoms with E-state index in [9.17, 15) is 9.59 Å². The summed E-state index contributed by atoms with van der Waals surface area (Å²) in [6, 6.07) is 16.3. The third kappa shape index (κ3) is 3.32. The van der Waals surface area contributed by atoms with Gasteiger partial charge in [0, 0.05) is 5.92 Å². The Morgan fingerprint density at radius 1 is 0.913 bits per heavy atom. The maximum atomic E-state index is 11.7. The molecule has 1 aliphatic carbocycles. The third-order valence-corrected chi connectivity index (χ3v) is 3.90. The van der Waals surface area contributed by atoms with Crippen molar-refractivity contribution in [2.24, 2.45) is 0 Å². The Morgan fingerprint density at radius 2 is 1.48 bits per heavy atom. The van der Waals surface area contributed by atoms with Crippen LogP contribution in [0.15, 0.2) is 48.5 Å². The lowest BCUT2D eigenvalue weighted by atomic mass is 9.98. The van der Waals surface area contributed by atoms with E-state index in [0.717, 1.165) is 0 Å². The second-order valence-corrected chi connectivity index (χ2v) is 5.60. The van der Waals surface area contributed by atoms with E-state index in [0.29, 0.717) is 0 Å². The molecule has 0 heterocycles. The zero-order chi connectivity index (χ0) is 16.2. The van der Waals surface area contributed by atoms with Gasteiger partial charge in [-0.2, -0.15) is 0 Å². The summed E-state index contributed by atoms with van der Waals surface area (Å²) in [5, 5.41) is 0. The van der Waals surface area contributed by atoms with Crippen LogP contribution in [0, 0.1) is 0 Å².